The van der Waals surface area contributed by atoms with Crippen LogP contribution < -0.4 is 4.74 Å². The van der Waals surface area contributed by atoms with Crippen molar-refractivity contribution in [2.45, 2.75) is 27.2 Å². The first-order valence-electron chi connectivity index (χ1n) is 6.09. The molecule has 0 saturated heterocycles. The Morgan fingerprint density at radius 3 is 2.67 bits per heavy atom. The van der Waals surface area contributed by atoms with Crippen LogP contribution in [-0.4, -0.2) is 36.5 Å². The lowest BCUT2D eigenvalue weighted by Gasteiger charge is -2.26. The van der Waals surface area contributed by atoms with Gasteiger partial charge in [0.15, 0.2) is 0 Å². The monoisotopic (exact) mass is 250 g/mol. The minimum atomic E-state index is -0.329. The first kappa shape index (κ1) is 14.5. The molecule has 0 aliphatic heterocycles. The van der Waals surface area contributed by atoms with E-state index in [1.165, 1.54) is 0 Å². The Hall–Kier alpha value is -1.58. The highest BCUT2D eigenvalue weighted by Gasteiger charge is 2.24. The number of hydrogen-bond donors (Lipinski definition) is 0. The van der Waals surface area contributed by atoms with Gasteiger partial charge in [0.25, 0.3) is 0 Å². The summed E-state index contributed by atoms with van der Waals surface area (Å²) in [6.07, 6.45) is 2.52. The lowest BCUT2D eigenvalue weighted by molar-refractivity contribution is -0.138. The SMILES string of the molecule is COc1cc(CCN(C)C(=O)C(C)(C)C)ccn1. The Labute approximate surface area is 109 Å². The lowest BCUT2D eigenvalue weighted by Crippen LogP contribution is -2.37. The van der Waals surface area contributed by atoms with Crippen LogP contribution >= 0.6 is 0 Å². The zero-order valence-corrected chi connectivity index (χ0v) is 11.9. The number of carbonyl (C=O) groups excluding carboxylic acids is 1. The van der Waals surface area contributed by atoms with Crippen molar-refractivity contribution in [2.24, 2.45) is 5.41 Å². The molecule has 0 aromatic carbocycles. The Morgan fingerprint density at radius 1 is 1.44 bits per heavy atom. The van der Waals surface area contributed by atoms with E-state index in [4.69, 9.17) is 4.74 Å². The highest BCUT2D eigenvalue weighted by molar-refractivity contribution is 5.81. The minimum absolute atomic E-state index is 0.156. The van der Waals surface area contributed by atoms with Gasteiger partial charge < -0.3 is 9.64 Å². The average molecular weight is 250 g/mol. The number of methoxy groups -OCH3 is 1. The molecule has 0 radical (unpaired) electrons. The van der Waals surface area contributed by atoms with Gasteiger partial charge in [-0.05, 0) is 18.1 Å². The van der Waals surface area contributed by atoms with Crippen LogP contribution in [-0.2, 0) is 11.2 Å². The topological polar surface area (TPSA) is 42.4 Å². The van der Waals surface area contributed by atoms with Gasteiger partial charge in [-0.2, -0.15) is 0 Å². The Balaban J connectivity index is 2.57. The second kappa shape index (κ2) is 5.85. The molecule has 0 saturated carbocycles. The summed E-state index contributed by atoms with van der Waals surface area (Å²) in [6.45, 7) is 6.49. The zero-order chi connectivity index (χ0) is 13.8. The van der Waals surface area contributed by atoms with Gasteiger partial charge in [-0.15, -0.1) is 0 Å². The third-order valence-corrected chi connectivity index (χ3v) is 2.73. The van der Waals surface area contributed by atoms with Crippen molar-refractivity contribution in [1.29, 1.82) is 0 Å². The molecule has 4 heteroatoms. The van der Waals surface area contributed by atoms with Crippen molar-refractivity contribution in [3.63, 3.8) is 0 Å². The average Bonchev–Trinajstić information content (AvgIpc) is 2.34. The molecule has 1 aromatic rings. The number of pyridine rings is 1. The second-order valence-electron chi connectivity index (χ2n) is 5.43. The first-order valence-corrected chi connectivity index (χ1v) is 6.09. The highest BCUT2D eigenvalue weighted by atomic mass is 16.5. The van der Waals surface area contributed by atoms with Crippen molar-refractivity contribution in [2.75, 3.05) is 20.7 Å². The van der Waals surface area contributed by atoms with Crippen molar-refractivity contribution in [3.05, 3.63) is 23.9 Å². The standard InChI is InChI=1S/C14H22N2O2/c1-14(2,3)13(17)16(4)9-7-11-6-8-15-12(10-11)18-5/h6,8,10H,7,9H2,1-5H3. The third kappa shape index (κ3) is 4.02. The Morgan fingerprint density at radius 2 is 2.11 bits per heavy atom. The maximum atomic E-state index is 12.0. The van der Waals surface area contributed by atoms with Gasteiger partial charge >= 0.3 is 0 Å². The molecule has 0 spiro atoms. The number of ether oxygens (including phenoxy) is 1. The number of carbonyl (C=O) groups is 1. The number of rotatable bonds is 4. The van der Waals surface area contributed by atoms with E-state index in [-0.39, 0.29) is 11.3 Å². The quantitative estimate of drug-likeness (QED) is 0.822. The van der Waals surface area contributed by atoms with Gasteiger partial charge in [0, 0.05) is 31.3 Å². The van der Waals surface area contributed by atoms with Crippen LogP contribution in [0, 0.1) is 5.41 Å². The molecule has 18 heavy (non-hydrogen) atoms. The van der Waals surface area contributed by atoms with Gasteiger partial charge in [-0.25, -0.2) is 4.98 Å². The highest BCUT2D eigenvalue weighted by Crippen LogP contribution is 2.17. The molecule has 1 rings (SSSR count). The normalized spacial score (nSPS) is 11.2. The lowest BCUT2D eigenvalue weighted by atomic mass is 9.95. The fraction of sp³-hybridized carbons (Fsp3) is 0.571. The summed E-state index contributed by atoms with van der Waals surface area (Å²) in [4.78, 5) is 17.8. The molecule has 0 bridgehead atoms. The first-order chi connectivity index (χ1) is 8.34. The number of likely N-dealkylation sites (N-methyl/N-ethyl adjacent to an activating group) is 1. The van der Waals surface area contributed by atoms with Crippen LogP contribution in [0.3, 0.4) is 0 Å². The van der Waals surface area contributed by atoms with Gasteiger partial charge in [0.1, 0.15) is 0 Å². The molecular formula is C14H22N2O2. The molecule has 1 heterocycles. The van der Waals surface area contributed by atoms with Crippen LogP contribution in [0.15, 0.2) is 18.3 Å². The Kier molecular flexibility index (Phi) is 4.70. The van der Waals surface area contributed by atoms with Gasteiger partial charge in [-0.1, -0.05) is 20.8 Å². The smallest absolute Gasteiger partial charge is 0.227 e. The molecule has 0 aliphatic rings. The number of hydrogen-bond acceptors (Lipinski definition) is 3. The summed E-state index contributed by atoms with van der Waals surface area (Å²) in [6, 6.07) is 3.84. The van der Waals surface area contributed by atoms with Crippen LogP contribution in [0.25, 0.3) is 0 Å². The summed E-state index contributed by atoms with van der Waals surface area (Å²) in [5.41, 5.74) is 0.792. The number of nitrogens with zero attached hydrogens (tertiary/aromatic N) is 2. The van der Waals surface area contributed by atoms with E-state index >= 15 is 0 Å². The molecule has 0 atom stereocenters. The third-order valence-electron chi connectivity index (χ3n) is 2.73. The van der Waals surface area contributed by atoms with E-state index in [0.29, 0.717) is 12.4 Å². The van der Waals surface area contributed by atoms with Gasteiger partial charge in [-0.3, -0.25) is 4.79 Å². The largest absolute Gasteiger partial charge is 0.481 e. The maximum Gasteiger partial charge on any atom is 0.227 e. The van der Waals surface area contributed by atoms with E-state index in [2.05, 4.69) is 4.98 Å². The van der Waals surface area contributed by atoms with Crippen molar-refractivity contribution >= 4 is 5.91 Å². The molecule has 1 aromatic heterocycles. The predicted octanol–water partition coefficient (Wildman–Crippen LogP) is 2.14. The molecule has 1 amide bonds. The fourth-order valence-corrected chi connectivity index (χ4v) is 1.69. The summed E-state index contributed by atoms with van der Waals surface area (Å²) in [5.74, 6) is 0.765. The van der Waals surface area contributed by atoms with Gasteiger partial charge in [0.2, 0.25) is 11.8 Å². The minimum Gasteiger partial charge on any atom is -0.481 e. The van der Waals surface area contributed by atoms with Crippen molar-refractivity contribution in [1.82, 2.24) is 9.88 Å². The number of amides is 1. The van der Waals surface area contributed by atoms with Crippen LogP contribution in [0.2, 0.25) is 0 Å². The molecule has 0 aliphatic carbocycles. The fourth-order valence-electron chi connectivity index (χ4n) is 1.69. The predicted molar refractivity (Wildman–Crippen MR) is 71.6 cm³/mol. The van der Waals surface area contributed by atoms with Gasteiger partial charge in [0.05, 0.1) is 7.11 Å². The van der Waals surface area contributed by atoms with Crippen LogP contribution in [0.5, 0.6) is 5.88 Å². The molecule has 0 fully saturated rings. The summed E-state index contributed by atoms with van der Waals surface area (Å²) in [7, 11) is 3.44. The second-order valence-corrected chi connectivity index (χ2v) is 5.43. The van der Waals surface area contributed by atoms with Crippen molar-refractivity contribution < 1.29 is 9.53 Å². The van der Waals surface area contributed by atoms with Crippen LogP contribution in [0.4, 0.5) is 0 Å². The van der Waals surface area contributed by atoms with E-state index in [1.54, 1.807) is 18.2 Å². The van der Waals surface area contributed by atoms with Crippen LogP contribution in [0.1, 0.15) is 26.3 Å². The number of aromatic nitrogens is 1. The van der Waals surface area contributed by atoms with E-state index in [0.717, 1.165) is 12.0 Å². The van der Waals surface area contributed by atoms with E-state index < -0.39 is 0 Å². The van der Waals surface area contributed by atoms with Crippen molar-refractivity contribution in [3.8, 4) is 5.88 Å². The summed E-state index contributed by atoms with van der Waals surface area (Å²) >= 11 is 0. The molecule has 0 unspecified atom stereocenters. The summed E-state index contributed by atoms with van der Waals surface area (Å²) in [5, 5.41) is 0. The van der Waals surface area contributed by atoms with E-state index in [9.17, 15) is 4.79 Å². The Bertz CT molecular complexity index is 411. The van der Waals surface area contributed by atoms with E-state index in [1.807, 2.05) is 40.0 Å². The zero-order valence-electron chi connectivity index (χ0n) is 11.9. The molecular weight excluding hydrogens is 228 g/mol. The molecule has 4 nitrogen and oxygen atoms in total. The molecule has 0 N–H and O–H groups in total. The maximum absolute atomic E-state index is 12.0. The molecule has 100 valence electrons. The summed E-state index contributed by atoms with van der Waals surface area (Å²) < 4.78 is 5.07.